The van der Waals surface area contributed by atoms with E-state index in [1.807, 2.05) is 24.3 Å². The maximum absolute atomic E-state index is 12.0. The standard InChI is InChI=1S/C15H24N2O3S/c1-20-15-4-2-3-14(11-15)12-17-21(18,19)10-7-13-5-8-16-9-6-13/h2-4,11,13,16-17H,5-10,12H2,1H3. The van der Waals surface area contributed by atoms with Gasteiger partial charge in [-0.2, -0.15) is 0 Å². The topological polar surface area (TPSA) is 67.4 Å². The number of hydrogen-bond acceptors (Lipinski definition) is 4. The Morgan fingerprint density at radius 1 is 1.33 bits per heavy atom. The molecule has 0 saturated carbocycles. The van der Waals surface area contributed by atoms with Crippen molar-refractivity contribution in [2.45, 2.75) is 25.8 Å². The van der Waals surface area contributed by atoms with Gasteiger partial charge in [0.05, 0.1) is 12.9 Å². The van der Waals surface area contributed by atoms with Crippen LogP contribution in [0.2, 0.25) is 0 Å². The lowest BCUT2D eigenvalue weighted by Gasteiger charge is -2.22. The Labute approximate surface area is 127 Å². The molecule has 1 heterocycles. The average Bonchev–Trinajstić information content (AvgIpc) is 2.52. The summed E-state index contributed by atoms with van der Waals surface area (Å²) in [5.74, 6) is 1.47. The Bertz CT molecular complexity index is 540. The van der Waals surface area contributed by atoms with E-state index in [2.05, 4.69) is 10.0 Å². The third kappa shape index (κ3) is 5.65. The number of sulfonamides is 1. The first-order chi connectivity index (χ1) is 10.1. The third-order valence-electron chi connectivity index (χ3n) is 3.88. The minimum absolute atomic E-state index is 0.210. The SMILES string of the molecule is COc1cccc(CNS(=O)(=O)CCC2CCNCC2)c1. The van der Waals surface area contributed by atoms with Crippen LogP contribution in [0.5, 0.6) is 5.75 Å². The average molecular weight is 312 g/mol. The molecule has 21 heavy (non-hydrogen) atoms. The number of nitrogens with one attached hydrogen (secondary N) is 2. The van der Waals surface area contributed by atoms with E-state index in [-0.39, 0.29) is 5.75 Å². The van der Waals surface area contributed by atoms with E-state index in [0.717, 1.165) is 43.7 Å². The molecule has 1 saturated heterocycles. The molecular formula is C15H24N2O3S. The number of methoxy groups -OCH3 is 1. The molecule has 6 heteroatoms. The molecule has 118 valence electrons. The summed E-state index contributed by atoms with van der Waals surface area (Å²) in [4.78, 5) is 0. The summed E-state index contributed by atoms with van der Waals surface area (Å²) in [7, 11) is -1.61. The van der Waals surface area contributed by atoms with Gasteiger partial charge in [0.25, 0.3) is 0 Å². The molecule has 2 rings (SSSR count). The van der Waals surface area contributed by atoms with E-state index in [1.165, 1.54) is 0 Å². The molecule has 0 radical (unpaired) electrons. The highest BCUT2D eigenvalue weighted by molar-refractivity contribution is 7.89. The Morgan fingerprint density at radius 2 is 2.10 bits per heavy atom. The van der Waals surface area contributed by atoms with E-state index < -0.39 is 10.0 Å². The van der Waals surface area contributed by atoms with Gasteiger partial charge in [-0.15, -0.1) is 0 Å². The van der Waals surface area contributed by atoms with Crippen LogP contribution in [0.4, 0.5) is 0 Å². The molecule has 0 aromatic heterocycles. The third-order valence-corrected chi connectivity index (χ3v) is 5.24. The lowest BCUT2D eigenvalue weighted by Crippen LogP contribution is -2.31. The lowest BCUT2D eigenvalue weighted by atomic mass is 9.96. The van der Waals surface area contributed by atoms with Crippen LogP contribution in [-0.4, -0.2) is 34.4 Å². The van der Waals surface area contributed by atoms with Gasteiger partial charge < -0.3 is 10.1 Å². The fraction of sp³-hybridized carbons (Fsp3) is 0.600. The smallest absolute Gasteiger partial charge is 0.211 e. The van der Waals surface area contributed by atoms with Crippen LogP contribution in [0.1, 0.15) is 24.8 Å². The Kier molecular flexibility index (Phi) is 6.02. The van der Waals surface area contributed by atoms with Crippen molar-refractivity contribution in [1.82, 2.24) is 10.0 Å². The van der Waals surface area contributed by atoms with Crippen LogP contribution in [0.15, 0.2) is 24.3 Å². The van der Waals surface area contributed by atoms with E-state index in [9.17, 15) is 8.42 Å². The van der Waals surface area contributed by atoms with Gasteiger partial charge in [0.15, 0.2) is 0 Å². The maximum atomic E-state index is 12.0. The molecule has 1 fully saturated rings. The minimum atomic E-state index is -3.21. The predicted molar refractivity (Wildman–Crippen MR) is 83.8 cm³/mol. The first kappa shape index (κ1) is 16.3. The monoisotopic (exact) mass is 312 g/mol. The van der Waals surface area contributed by atoms with Crippen LogP contribution in [0, 0.1) is 5.92 Å². The van der Waals surface area contributed by atoms with Gasteiger partial charge in [-0.3, -0.25) is 0 Å². The molecule has 0 atom stereocenters. The van der Waals surface area contributed by atoms with Gasteiger partial charge >= 0.3 is 0 Å². The number of hydrogen-bond donors (Lipinski definition) is 2. The van der Waals surface area contributed by atoms with E-state index in [1.54, 1.807) is 7.11 Å². The van der Waals surface area contributed by atoms with E-state index in [0.29, 0.717) is 12.5 Å². The highest BCUT2D eigenvalue weighted by Crippen LogP contribution is 2.17. The van der Waals surface area contributed by atoms with Crippen molar-refractivity contribution < 1.29 is 13.2 Å². The summed E-state index contributed by atoms with van der Waals surface area (Å²) in [6.07, 6.45) is 2.89. The number of ether oxygens (including phenoxy) is 1. The molecule has 5 nitrogen and oxygen atoms in total. The molecule has 0 unspecified atom stereocenters. The second-order valence-corrected chi connectivity index (χ2v) is 7.40. The molecular weight excluding hydrogens is 288 g/mol. The fourth-order valence-corrected chi connectivity index (χ4v) is 3.71. The summed E-state index contributed by atoms with van der Waals surface area (Å²) < 4.78 is 31.9. The number of piperidine rings is 1. The van der Waals surface area contributed by atoms with Gasteiger partial charge in [0, 0.05) is 6.54 Å². The van der Waals surface area contributed by atoms with Crippen molar-refractivity contribution in [3.05, 3.63) is 29.8 Å². The Hall–Kier alpha value is -1.11. The molecule has 1 aliphatic rings. The fourth-order valence-electron chi connectivity index (χ4n) is 2.54. The van der Waals surface area contributed by atoms with Crippen molar-refractivity contribution in [2.24, 2.45) is 5.92 Å². The van der Waals surface area contributed by atoms with Crippen molar-refractivity contribution in [3.8, 4) is 5.75 Å². The molecule has 0 aliphatic carbocycles. The zero-order valence-corrected chi connectivity index (χ0v) is 13.3. The predicted octanol–water partition coefficient (Wildman–Crippen LogP) is 1.50. The largest absolute Gasteiger partial charge is 0.497 e. The van der Waals surface area contributed by atoms with Crippen molar-refractivity contribution in [3.63, 3.8) is 0 Å². The number of rotatable bonds is 7. The van der Waals surface area contributed by atoms with Crippen molar-refractivity contribution in [1.29, 1.82) is 0 Å². The number of benzene rings is 1. The first-order valence-corrected chi connectivity index (χ1v) is 9.05. The molecule has 0 spiro atoms. The molecule has 0 amide bonds. The second-order valence-electron chi connectivity index (χ2n) is 5.47. The summed E-state index contributed by atoms with van der Waals surface area (Å²) >= 11 is 0. The maximum Gasteiger partial charge on any atom is 0.211 e. The van der Waals surface area contributed by atoms with Crippen LogP contribution >= 0.6 is 0 Å². The van der Waals surface area contributed by atoms with Gasteiger partial charge in [-0.05, 0) is 56.0 Å². The summed E-state index contributed by atoms with van der Waals surface area (Å²) in [6, 6.07) is 7.43. The zero-order valence-electron chi connectivity index (χ0n) is 12.5. The molecule has 0 bridgehead atoms. The van der Waals surface area contributed by atoms with Gasteiger partial charge in [0.2, 0.25) is 10.0 Å². The highest BCUT2D eigenvalue weighted by atomic mass is 32.2. The van der Waals surface area contributed by atoms with E-state index >= 15 is 0 Å². The van der Waals surface area contributed by atoms with E-state index in [4.69, 9.17) is 4.74 Å². The Balaban J connectivity index is 1.80. The van der Waals surface area contributed by atoms with Gasteiger partial charge in [0.1, 0.15) is 5.75 Å². The molecule has 1 aliphatic heterocycles. The van der Waals surface area contributed by atoms with Crippen LogP contribution in [0.25, 0.3) is 0 Å². The lowest BCUT2D eigenvalue weighted by molar-refractivity contribution is 0.365. The molecule has 1 aromatic carbocycles. The molecule has 2 N–H and O–H groups in total. The summed E-state index contributed by atoms with van der Waals surface area (Å²) in [6.45, 7) is 2.32. The minimum Gasteiger partial charge on any atom is -0.497 e. The van der Waals surface area contributed by atoms with Crippen LogP contribution in [0.3, 0.4) is 0 Å². The molecule has 1 aromatic rings. The van der Waals surface area contributed by atoms with Gasteiger partial charge in [-0.25, -0.2) is 13.1 Å². The normalized spacial score (nSPS) is 16.8. The van der Waals surface area contributed by atoms with Crippen molar-refractivity contribution >= 4 is 10.0 Å². The quantitative estimate of drug-likeness (QED) is 0.801. The van der Waals surface area contributed by atoms with Crippen molar-refractivity contribution in [2.75, 3.05) is 26.0 Å². The first-order valence-electron chi connectivity index (χ1n) is 7.40. The Morgan fingerprint density at radius 3 is 2.81 bits per heavy atom. The highest BCUT2D eigenvalue weighted by Gasteiger charge is 2.17. The summed E-state index contributed by atoms with van der Waals surface area (Å²) in [5, 5.41) is 3.29. The second kappa shape index (κ2) is 7.77. The zero-order chi connectivity index (χ0) is 15.1. The van der Waals surface area contributed by atoms with Crippen LogP contribution < -0.4 is 14.8 Å². The van der Waals surface area contributed by atoms with Crippen LogP contribution in [-0.2, 0) is 16.6 Å². The summed E-state index contributed by atoms with van der Waals surface area (Å²) in [5.41, 5.74) is 0.903. The van der Waals surface area contributed by atoms with Gasteiger partial charge in [-0.1, -0.05) is 12.1 Å².